The molecule has 0 spiro atoms. The van der Waals surface area contributed by atoms with Gasteiger partial charge in [-0.15, -0.1) is 0 Å². The molecule has 0 aromatic carbocycles. The van der Waals surface area contributed by atoms with E-state index >= 15 is 0 Å². The number of rotatable bonds is 3. The van der Waals surface area contributed by atoms with Gasteiger partial charge in [-0.2, -0.15) is 4.98 Å². The molecule has 62 valence electrons. The van der Waals surface area contributed by atoms with Gasteiger partial charge < -0.3 is 4.52 Å². The molecule has 0 N–H and O–H groups in total. The molecule has 0 unspecified atom stereocenters. The Bertz CT molecular complexity index is 313. The van der Waals surface area contributed by atoms with Crippen molar-refractivity contribution in [3.05, 3.63) is 17.8 Å². The fourth-order valence-corrected chi connectivity index (χ4v) is 0.944. The van der Waals surface area contributed by atoms with Crippen molar-refractivity contribution < 1.29 is 9.32 Å². The lowest BCUT2D eigenvalue weighted by atomic mass is 10.4. The molecule has 1 aliphatic rings. The van der Waals surface area contributed by atoms with Crippen LogP contribution in [-0.4, -0.2) is 16.4 Å². The van der Waals surface area contributed by atoms with Gasteiger partial charge in [-0.1, -0.05) is 5.16 Å². The quantitative estimate of drug-likeness (QED) is 0.497. The van der Waals surface area contributed by atoms with Crippen molar-refractivity contribution in [2.45, 2.75) is 18.8 Å². The van der Waals surface area contributed by atoms with Crippen LogP contribution in [-0.2, 0) is 4.79 Å². The summed E-state index contributed by atoms with van der Waals surface area (Å²) >= 11 is 0. The van der Waals surface area contributed by atoms with E-state index in [1.54, 1.807) is 0 Å². The molecule has 0 amide bonds. The van der Waals surface area contributed by atoms with E-state index in [0.717, 1.165) is 18.7 Å². The van der Waals surface area contributed by atoms with Gasteiger partial charge in [0.25, 0.3) is 5.89 Å². The van der Waals surface area contributed by atoms with Crippen LogP contribution < -0.4 is 0 Å². The van der Waals surface area contributed by atoms with Gasteiger partial charge >= 0.3 is 0 Å². The van der Waals surface area contributed by atoms with Crippen molar-refractivity contribution in [1.29, 1.82) is 0 Å². The highest BCUT2D eigenvalue weighted by Gasteiger charge is 2.28. The Hall–Kier alpha value is -1.45. The number of hydrogen-bond donors (Lipinski definition) is 0. The van der Waals surface area contributed by atoms with Crippen molar-refractivity contribution in [3.63, 3.8) is 0 Å². The Morgan fingerprint density at radius 2 is 2.33 bits per heavy atom. The molecule has 4 nitrogen and oxygen atoms in total. The summed E-state index contributed by atoms with van der Waals surface area (Å²) in [6, 6.07) is 0. The van der Waals surface area contributed by atoms with Crippen LogP contribution >= 0.6 is 0 Å². The third kappa shape index (κ3) is 1.42. The molecule has 1 aromatic heterocycles. The number of allylic oxidation sites excluding steroid dienone is 1. The van der Waals surface area contributed by atoms with Gasteiger partial charge in [0.2, 0.25) is 0 Å². The predicted molar refractivity (Wildman–Crippen MR) is 41.4 cm³/mol. The van der Waals surface area contributed by atoms with E-state index in [-0.39, 0.29) is 0 Å². The molecule has 0 atom stereocenters. The summed E-state index contributed by atoms with van der Waals surface area (Å²) in [6.45, 7) is 0. The van der Waals surface area contributed by atoms with Gasteiger partial charge in [0, 0.05) is 12.0 Å². The second-order valence-electron chi connectivity index (χ2n) is 2.76. The molecular weight excluding hydrogens is 156 g/mol. The Balaban J connectivity index is 2.12. The predicted octanol–water partition coefficient (Wildman–Crippen LogP) is 1.16. The smallest absolute Gasteiger partial charge is 0.250 e. The summed E-state index contributed by atoms with van der Waals surface area (Å²) in [5.41, 5.74) is 0. The number of carbonyl (C=O) groups excluding carboxylic acids is 1. The van der Waals surface area contributed by atoms with Crippen LogP contribution in [0.1, 0.15) is 30.5 Å². The standard InChI is InChI=1S/C8H8N2O2/c11-5-1-2-7-9-8(10-12-7)6-3-4-6/h1-2,5-6H,3-4H2. The van der Waals surface area contributed by atoms with E-state index < -0.39 is 0 Å². The van der Waals surface area contributed by atoms with E-state index in [1.165, 1.54) is 12.2 Å². The van der Waals surface area contributed by atoms with Crippen LogP contribution in [0.2, 0.25) is 0 Å². The van der Waals surface area contributed by atoms with E-state index in [0.29, 0.717) is 18.1 Å². The van der Waals surface area contributed by atoms with E-state index in [1.807, 2.05) is 0 Å². The number of aldehydes is 1. The van der Waals surface area contributed by atoms with Crippen LogP contribution in [0.25, 0.3) is 6.08 Å². The molecule has 1 aliphatic carbocycles. The van der Waals surface area contributed by atoms with Crippen molar-refractivity contribution in [1.82, 2.24) is 10.1 Å². The van der Waals surface area contributed by atoms with Gasteiger partial charge in [-0.05, 0) is 18.9 Å². The summed E-state index contributed by atoms with van der Waals surface area (Å²) in [5.74, 6) is 1.66. The first-order valence-corrected chi connectivity index (χ1v) is 3.85. The minimum Gasteiger partial charge on any atom is -0.335 e. The topological polar surface area (TPSA) is 56.0 Å². The number of carbonyl (C=O) groups is 1. The zero-order valence-corrected chi connectivity index (χ0v) is 6.43. The first-order chi connectivity index (χ1) is 5.90. The summed E-state index contributed by atoms with van der Waals surface area (Å²) in [6.07, 6.45) is 5.82. The molecule has 0 saturated heterocycles. The molecule has 1 saturated carbocycles. The largest absolute Gasteiger partial charge is 0.335 e. The molecule has 2 rings (SSSR count). The molecule has 1 aromatic rings. The molecule has 0 aliphatic heterocycles. The minimum atomic E-state index is 0.406. The summed E-state index contributed by atoms with van der Waals surface area (Å²) < 4.78 is 4.86. The van der Waals surface area contributed by atoms with Gasteiger partial charge in [-0.3, -0.25) is 4.79 Å². The maximum absolute atomic E-state index is 9.95. The number of nitrogens with zero attached hydrogens (tertiary/aromatic N) is 2. The van der Waals surface area contributed by atoms with Crippen LogP contribution in [0.3, 0.4) is 0 Å². The van der Waals surface area contributed by atoms with E-state index in [4.69, 9.17) is 4.52 Å². The van der Waals surface area contributed by atoms with Crippen LogP contribution in [0.15, 0.2) is 10.6 Å². The van der Waals surface area contributed by atoms with Crippen LogP contribution in [0, 0.1) is 0 Å². The highest BCUT2D eigenvalue weighted by Crippen LogP contribution is 2.38. The Morgan fingerprint density at radius 1 is 1.50 bits per heavy atom. The van der Waals surface area contributed by atoms with Crippen LogP contribution in [0.4, 0.5) is 0 Å². The number of hydrogen-bond acceptors (Lipinski definition) is 4. The third-order valence-corrected chi connectivity index (χ3v) is 1.72. The molecule has 12 heavy (non-hydrogen) atoms. The molecule has 1 fully saturated rings. The lowest BCUT2D eigenvalue weighted by Gasteiger charge is -1.78. The molecule has 0 bridgehead atoms. The maximum Gasteiger partial charge on any atom is 0.250 e. The first-order valence-electron chi connectivity index (χ1n) is 3.85. The normalized spacial score (nSPS) is 17.0. The Morgan fingerprint density at radius 3 is 3.00 bits per heavy atom. The first kappa shape index (κ1) is 7.21. The fourth-order valence-electron chi connectivity index (χ4n) is 0.944. The fraction of sp³-hybridized carbons (Fsp3) is 0.375. The van der Waals surface area contributed by atoms with Crippen LogP contribution in [0.5, 0.6) is 0 Å². The van der Waals surface area contributed by atoms with E-state index in [2.05, 4.69) is 10.1 Å². The highest BCUT2D eigenvalue weighted by atomic mass is 16.5. The maximum atomic E-state index is 9.95. The second kappa shape index (κ2) is 2.89. The highest BCUT2D eigenvalue weighted by molar-refractivity contribution is 5.71. The van der Waals surface area contributed by atoms with Crippen molar-refractivity contribution >= 4 is 12.4 Å². The zero-order valence-electron chi connectivity index (χ0n) is 6.43. The minimum absolute atomic E-state index is 0.406. The lowest BCUT2D eigenvalue weighted by molar-refractivity contribution is -0.104. The van der Waals surface area contributed by atoms with Gasteiger partial charge in [-0.25, -0.2) is 0 Å². The molecule has 4 heteroatoms. The number of aromatic nitrogens is 2. The van der Waals surface area contributed by atoms with Gasteiger partial charge in [0.15, 0.2) is 5.82 Å². The average molecular weight is 164 g/mol. The van der Waals surface area contributed by atoms with Crippen molar-refractivity contribution in [2.75, 3.05) is 0 Å². The second-order valence-corrected chi connectivity index (χ2v) is 2.76. The molecular formula is C8H8N2O2. The Labute approximate surface area is 69.3 Å². The summed E-state index contributed by atoms with van der Waals surface area (Å²) in [4.78, 5) is 14.0. The van der Waals surface area contributed by atoms with Gasteiger partial charge in [0.05, 0.1) is 0 Å². The summed E-state index contributed by atoms with van der Waals surface area (Å²) in [7, 11) is 0. The third-order valence-electron chi connectivity index (χ3n) is 1.72. The van der Waals surface area contributed by atoms with Gasteiger partial charge in [0.1, 0.15) is 6.29 Å². The van der Waals surface area contributed by atoms with E-state index in [9.17, 15) is 4.79 Å². The molecule has 1 heterocycles. The van der Waals surface area contributed by atoms with Crippen molar-refractivity contribution in [2.24, 2.45) is 0 Å². The lowest BCUT2D eigenvalue weighted by Crippen LogP contribution is -1.80. The zero-order chi connectivity index (χ0) is 8.39. The average Bonchev–Trinajstić information content (AvgIpc) is 2.83. The SMILES string of the molecule is O=CC=Cc1nc(C2CC2)no1. The monoisotopic (exact) mass is 164 g/mol. The molecule has 0 radical (unpaired) electrons. The summed E-state index contributed by atoms with van der Waals surface area (Å²) in [5, 5.41) is 3.78. The Kier molecular flexibility index (Phi) is 1.74. The van der Waals surface area contributed by atoms with Crippen molar-refractivity contribution in [3.8, 4) is 0 Å².